The summed E-state index contributed by atoms with van der Waals surface area (Å²) in [6.45, 7) is 2.72. The molecule has 0 radical (unpaired) electrons. The summed E-state index contributed by atoms with van der Waals surface area (Å²) >= 11 is 1.73. The van der Waals surface area contributed by atoms with Gasteiger partial charge in [0.05, 0.1) is 6.04 Å². The average Bonchev–Trinajstić information content (AvgIpc) is 3.00. The van der Waals surface area contributed by atoms with E-state index in [0.717, 1.165) is 6.42 Å². The molecule has 118 valence electrons. The molecule has 1 unspecified atom stereocenters. The van der Waals surface area contributed by atoms with E-state index in [-0.39, 0.29) is 11.9 Å². The van der Waals surface area contributed by atoms with Crippen molar-refractivity contribution in [3.05, 3.63) is 57.8 Å². The van der Waals surface area contributed by atoms with Crippen molar-refractivity contribution in [3.8, 4) is 0 Å². The average molecular weight is 316 g/mol. The van der Waals surface area contributed by atoms with Crippen molar-refractivity contribution in [3.63, 3.8) is 0 Å². The molecule has 4 heteroatoms. The molecule has 1 amide bonds. The molecular weight excluding hydrogens is 292 g/mol. The summed E-state index contributed by atoms with van der Waals surface area (Å²) in [4.78, 5) is 15.5. The van der Waals surface area contributed by atoms with E-state index in [1.807, 2.05) is 14.1 Å². The largest absolute Gasteiger partial charge is 0.354 e. The van der Waals surface area contributed by atoms with Gasteiger partial charge in [-0.05, 0) is 44.4 Å². The molecule has 1 aromatic carbocycles. The highest BCUT2D eigenvalue weighted by atomic mass is 32.1. The van der Waals surface area contributed by atoms with Gasteiger partial charge < -0.3 is 10.2 Å². The van der Waals surface area contributed by atoms with E-state index in [2.05, 4.69) is 58.9 Å². The van der Waals surface area contributed by atoms with Crippen molar-refractivity contribution >= 4 is 17.2 Å². The van der Waals surface area contributed by atoms with Crippen LogP contribution in [-0.2, 0) is 11.2 Å². The van der Waals surface area contributed by atoms with Crippen LogP contribution < -0.4 is 5.32 Å². The maximum absolute atomic E-state index is 12.1. The van der Waals surface area contributed by atoms with Crippen LogP contribution in [-0.4, -0.2) is 31.4 Å². The number of amides is 1. The summed E-state index contributed by atoms with van der Waals surface area (Å²) in [5, 5.41) is 5.13. The molecule has 0 saturated carbocycles. The zero-order chi connectivity index (χ0) is 15.9. The van der Waals surface area contributed by atoms with Crippen LogP contribution in [0.5, 0.6) is 0 Å². The number of likely N-dealkylation sites (N-methyl/N-ethyl adjacent to an activating group) is 1. The van der Waals surface area contributed by atoms with E-state index >= 15 is 0 Å². The first-order valence-electron chi connectivity index (χ1n) is 7.58. The van der Waals surface area contributed by atoms with Gasteiger partial charge in [-0.1, -0.05) is 35.9 Å². The Bertz CT molecular complexity index is 576. The van der Waals surface area contributed by atoms with Gasteiger partial charge in [-0.25, -0.2) is 0 Å². The summed E-state index contributed by atoms with van der Waals surface area (Å²) in [6.07, 6.45) is 1.32. The van der Waals surface area contributed by atoms with Gasteiger partial charge in [0.2, 0.25) is 5.91 Å². The quantitative estimate of drug-likeness (QED) is 0.849. The SMILES string of the molecule is Cc1ccc(CCC(=O)NCC(c2cccs2)N(C)C)cc1. The molecule has 2 aromatic rings. The fourth-order valence-electron chi connectivity index (χ4n) is 2.33. The first-order valence-corrected chi connectivity index (χ1v) is 8.46. The van der Waals surface area contributed by atoms with Crippen LogP contribution in [0, 0.1) is 6.92 Å². The summed E-state index contributed by atoms with van der Waals surface area (Å²) in [6, 6.07) is 12.8. The second-order valence-corrected chi connectivity index (χ2v) is 6.76. The molecule has 2 rings (SSSR count). The predicted octanol–water partition coefficient (Wildman–Crippen LogP) is 3.41. The van der Waals surface area contributed by atoms with Gasteiger partial charge in [-0.2, -0.15) is 0 Å². The minimum Gasteiger partial charge on any atom is -0.354 e. The molecular formula is C18H24N2OS. The van der Waals surface area contributed by atoms with Gasteiger partial charge in [-0.3, -0.25) is 4.79 Å². The molecule has 3 nitrogen and oxygen atoms in total. The van der Waals surface area contributed by atoms with Crippen LogP contribution in [0.15, 0.2) is 41.8 Å². The molecule has 22 heavy (non-hydrogen) atoms. The third-order valence-corrected chi connectivity index (χ3v) is 4.72. The minimum absolute atomic E-state index is 0.115. The van der Waals surface area contributed by atoms with Crippen molar-refractivity contribution in [2.75, 3.05) is 20.6 Å². The molecule has 0 spiro atoms. The number of hydrogen-bond donors (Lipinski definition) is 1. The molecule has 0 saturated heterocycles. The Balaban J connectivity index is 1.80. The smallest absolute Gasteiger partial charge is 0.220 e. The lowest BCUT2D eigenvalue weighted by atomic mass is 10.1. The minimum atomic E-state index is 0.115. The Kier molecular flexibility index (Phi) is 6.16. The maximum Gasteiger partial charge on any atom is 0.220 e. The topological polar surface area (TPSA) is 32.3 Å². The summed E-state index contributed by atoms with van der Waals surface area (Å²) in [5.74, 6) is 0.115. The third kappa shape index (κ3) is 4.97. The van der Waals surface area contributed by atoms with E-state index in [9.17, 15) is 4.79 Å². The van der Waals surface area contributed by atoms with Crippen molar-refractivity contribution < 1.29 is 4.79 Å². The number of carbonyl (C=O) groups excluding carboxylic acids is 1. The highest BCUT2D eigenvalue weighted by Crippen LogP contribution is 2.22. The van der Waals surface area contributed by atoms with Crippen LogP contribution >= 0.6 is 11.3 Å². The maximum atomic E-state index is 12.1. The van der Waals surface area contributed by atoms with Crippen LogP contribution in [0.4, 0.5) is 0 Å². The normalized spacial score (nSPS) is 12.4. The number of rotatable bonds is 7. The van der Waals surface area contributed by atoms with Crippen LogP contribution in [0.3, 0.4) is 0 Å². The van der Waals surface area contributed by atoms with E-state index in [0.29, 0.717) is 13.0 Å². The van der Waals surface area contributed by atoms with Gasteiger partial charge >= 0.3 is 0 Å². The van der Waals surface area contributed by atoms with Gasteiger partial charge in [0, 0.05) is 17.8 Å². The first-order chi connectivity index (χ1) is 10.6. The van der Waals surface area contributed by atoms with Crippen LogP contribution in [0.2, 0.25) is 0 Å². The fourth-order valence-corrected chi connectivity index (χ4v) is 3.25. The number of nitrogens with zero attached hydrogens (tertiary/aromatic N) is 1. The van der Waals surface area contributed by atoms with Crippen molar-refractivity contribution in [2.24, 2.45) is 0 Å². The number of aryl methyl sites for hydroxylation is 2. The summed E-state index contributed by atoms with van der Waals surface area (Å²) in [7, 11) is 4.09. The number of carbonyl (C=O) groups is 1. The Morgan fingerprint density at radius 2 is 1.95 bits per heavy atom. The number of benzene rings is 1. The highest BCUT2D eigenvalue weighted by molar-refractivity contribution is 7.10. The van der Waals surface area contributed by atoms with Gasteiger partial charge in [0.25, 0.3) is 0 Å². The summed E-state index contributed by atoms with van der Waals surface area (Å²) < 4.78 is 0. The molecule has 0 aliphatic rings. The molecule has 0 bridgehead atoms. The monoisotopic (exact) mass is 316 g/mol. The lowest BCUT2D eigenvalue weighted by molar-refractivity contribution is -0.121. The van der Waals surface area contributed by atoms with Crippen molar-refractivity contribution in [1.29, 1.82) is 0 Å². The first kappa shape index (κ1) is 16.7. The molecule has 1 N–H and O–H groups in total. The molecule has 1 atom stereocenters. The Morgan fingerprint density at radius 3 is 2.55 bits per heavy atom. The van der Waals surface area contributed by atoms with E-state index in [1.165, 1.54) is 16.0 Å². The lowest BCUT2D eigenvalue weighted by Crippen LogP contribution is -2.34. The van der Waals surface area contributed by atoms with E-state index in [1.54, 1.807) is 11.3 Å². The van der Waals surface area contributed by atoms with E-state index < -0.39 is 0 Å². The van der Waals surface area contributed by atoms with Crippen LogP contribution in [0.1, 0.15) is 28.5 Å². The van der Waals surface area contributed by atoms with E-state index in [4.69, 9.17) is 0 Å². The standard InChI is InChI=1S/C18H24N2OS/c1-14-6-8-15(9-7-14)10-11-18(21)19-13-16(20(2)3)17-5-4-12-22-17/h4-9,12,16H,10-11,13H2,1-3H3,(H,19,21). The molecule has 1 aromatic heterocycles. The zero-order valence-electron chi connectivity index (χ0n) is 13.5. The zero-order valence-corrected chi connectivity index (χ0v) is 14.3. The highest BCUT2D eigenvalue weighted by Gasteiger charge is 2.16. The van der Waals surface area contributed by atoms with Gasteiger partial charge in [0.15, 0.2) is 0 Å². The van der Waals surface area contributed by atoms with Crippen molar-refractivity contribution in [2.45, 2.75) is 25.8 Å². The fraction of sp³-hybridized carbons (Fsp3) is 0.389. The third-order valence-electron chi connectivity index (χ3n) is 3.75. The summed E-state index contributed by atoms with van der Waals surface area (Å²) in [5.41, 5.74) is 2.46. The van der Waals surface area contributed by atoms with Gasteiger partial charge in [-0.15, -0.1) is 11.3 Å². The number of nitrogens with one attached hydrogen (secondary N) is 1. The molecule has 0 aliphatic carbocycles. The lowest BCUT2D eigenvalue weighted by Gasteiger charge is -2.23. The Hall–Kier alpha value is -1.65. The number of thiophene rings is 1. The Morgan fingerprint density at radius 1 is 1.23 bits per heavy atom. The van der Waals surface area contributed by atoms with Gasteiger partial charge in [0.1, 0.15) is 0 Å². The molecule has 0 fully saturated rings. The van der Waals surface area contributed by atoms with Crippen LogP contribution in [0.25, 0.3) is 0 Å². The van der Waals surface area contributed by atoms with Crippen molar-refractivity contribution in [1.82, 2.24) is 10.2 Å². The predicted molar refractivity (Wildman–Crippen MR) is 93.3 cm³/mol. The second-order valence-electron chi connectivity index (χ2n) is 5.78. The molecule has 1 heterocycles. The number of hydrogen-bond acceptors (Lipinski definition) is 3. The second kappa shape index (κ2) is 8.11. The Labute approximate surface area is 137 Å². The molecule has 0 aliphatic heterocycles.